The molecule has 24 heavy (non-hydrogen) atoms. The van der Waals surface area contributed by atoms with Gasteiger partial charge in [0.15, 0.2) is 17.9 Å². The molecule has 122 valence electrons. The van der Waals surface area contributed by atoms with Crippen LogP contribution in [-0.2, 0) is 11.2 Å². The molecule has 0 bridgehead atoms. The number of hydrogen-bond acceptors (Lipinski definition) is 6. The Kier molecular flexibility index (Phi) is 4.04. The van der Waals surface area contributed by atoms with E-state index < -0.39 is 0 Å². The van der Waals surface area contributed by atoms with Gasteiger partial charge in [0.05, 0.1) is 30.4 Å². The van der Waals surface area contributed by atoms with Gasteiger partial charge >= 0.3 is 0 Å². The lowest BCUT2D eigenvalue weighted by atomic mass is 10.1. The number of ketones is 1. The van der Waals surface area contributed by atoms with Gasteiger partial charge in [-0.25, -0.2) is 4.98 Å². The molecule has 6 nitrogen and oxygen atoms in total. The van der Waals surface area contributed by atoms with Crippen molar-refractivity contribution in [3.05, 3.63) is 42.5 Å². The third-order valence-corrected chi connectivity index (χ3v) is 4.33. The van der Waals surface area contributed by atoms with Crippen LogP contribution in [0.5, 0.6) is 0 Å². The van der Waals surface area contributed by atoms with Crippen molar-refractivity contribution in [3.63, 3.8) is 0 Å². The van der Waals surface area contributed by atoms with E-state index >= 15 is 0 Å². The lowest BCUT2D eigenvalue weighted by Gasteiger charge is -2.12. The fourth-order valence-corrected chi connectivity index (χ4v) is 3.13. The predicted molar refractivity (Wildman–Crippen MR) is 89.4 cm³/mol. The first-order valence-corrected chi connectivity index (χ1v) is 8.17. The predicted octanol–water partition coefficient (Wildman–Crippen LogP) is 2.49. The summed E-state index contributed by atoms with van der Waals surface area (Å²) in [6.07, 6.45) is 5.79. The van der Waals surface area contributed by atoms with Crippen molar-refractivity contribution in [2.75, 3.05) is 19.6 Å². The second-order valence-corrected chi connectivity index (χ2v) is 6.17. The summed E-state index contributed by atoms with van der Waals surface area (Å²) in [6.45, 7) is 2.56. The summed E-state index contributed by atoms with van der Waals surface area (Å²) in [4.78, 5) is 18.4. The van der Waals surface area contributed by atoms with E-state index in [0.29, 0.717) is 24.4 Å². The van der Waals surface area contributed by atoms with E-state index in [9.17, 15) is 4.79 Å². The number of oxazole rings is 1. The molecule has 0 unspecified atom stereocenters. The molecule has 0 saturated carbocycles. The van der Waals surface area contributed by atoms with Gasteiger partial charge in [-0.05, 0) is 50.2 Å². The molecule has 6 heteroatoms. The fraction of sp³-hybridized carbons (Fsp3) is 0.333. The topological polar surface area (TPSA) is 72.1 Å². The molecule has 4 rings (SSSR count). The van der Waals surface area contributed by atoms with Crippen LogP contribution in [-0.4, -0.2) is 45.5 Å². The maximum Gasteiger partial charge on any atom is 0.181 e. The highest BCUT2D eigenvalue weighted by atomic mass is 16.3. The van der Waals surface area contributed by atoms with Gasteiger partial charge < -0.3 is 4.42 Å². The molecular formula is C18H18N4O2. The minimum absolute atomic E-state index is 0.192. The van der Waals surface area contributed by atoms with Crippen LogP contribution in [0.1, 0.15) is 18.5 Å². The second kappa shape index (κ2) is 6.49. The van der Waals surface area contributed by atoms with Crippen LogP contribution < -0.4 is 0 Å². The number of hydrogen-bond donors (Lipinski definition) is 0. The van der Waals surface area contributed by atoms with Crippen LogP contribution in [0.2, 0.25) is 0 Å². The summed E-state index contributed by atoms with van der Waals surface area (Å²) in [5.41, 5.74) is 2.44. The van der Waals surface area contributed by atoms with Gasteiger partial charge in [-0.2, -0.15) is 10.2 Å². The van der Waals surface area contributed by atoms with Gasteiger partial charge in [0.1, 0.15) is 0 Å². The highest BCUT2D eigenvalue weighted by Crippen LogP contribution is 2.23. The first-order valence-electron chi connectivity index (χ1n) is 8.17. The normalized spacial score (nSPS) is 15.2. The molecule has 1 fully saturated rings. The third-order valence-electron chi connectivity index (χ3n) is 4.33. The fourth-order valence-electron chi connectivity index (χ4n) is 3.13. The zero-order valence-corrected chi connectivity index (χ0v) is 13.3. The Morgan fingerprint density at radius 2 is 2.04 bits per heavy atom. The molecule has 3 heterocycles. The molecule has 1 aliphatic heterocycles. The van der Waals surface area contributed by atoms with Crippen molar-refractivity contribution in [1.29, 1.82) is 0 Å². The van der Waals surface area contributed by atoms with Gasteiger partial charge in [0, 0.05) is 10.9 Å². The molecule has 0 spiro atoms. The molecular weight excluding hydrogens is 304 g/mol. The van der Waals surface area contributed by atoms with Gasteiger partial charge in [-0.3, -0.25) is 9.69 Å². The molecule has 0 N–H and O–H groups in total. The number of nitrogens with zero attached hydrogens (tertiary/aromatic N) is 4. The van der Waals surface area contributed by atoms with Crippen LogP contribution in [0.15, 0.2) is 41.3 Å². The summed E-state index contributed by atoms with van der Waals surface area (Å²) < 4.78 is 5.33. The Hall–Kier alpha value is -2.60. The molecule has 0 aliphatic carbocycles. The Morgan fingerprint density at radius 1 is 1.17 bits per heavy atom. The summed E-state index contributed by atoms with van der Waals surface area (Å²) >= 11 is 0. The van der Waals surface area contributed by atoms with Crippen molar-refractivity contribution in [2.45, 2.75) is 19.3 Å². The Balaban J connectivity index is 1.54. The number of carbonyl (C=O) groups excluding carboxylic acids is 1. The zero-order chi connectivity index (χ0) is 16.4. The molecule has 1 saturated heterocycles. The Morgan fingerprint density at radius 3 is 2.83 bits per heavy atom. The molecule has 3 aromatic rings. The SMILES string of the molecule is O=C(Cc1cc2cc(-c3cnco3)ccc2nn1)CN1CCCC1. The molecule has 0 amide bonds. The first-order chi connectivity index (χ1) is 11.8. The average Bonchev–Trinajstić information content (AvgIpc) is 3.27. The van der Waals surface area contributed by atoms with Gasteiger partial charge in [0.25, 0.3) is 0 Å². The van der Waals surface area contributed by atoms with Crippen molar-refractivity contribution < 1.29 is 9.21 Å². The van der Waals surface area contributed by atoms with E-state index in [1.54, 1.807) is 6.20 Å². The molecule has 0 radical (unpaired) electrons. The first kappa shape index (κ1) is 15.0. The van der Waals surface area contributed by atoms with Crippen LogP contribution in [0.25, 0.3) is 22.2 Å². The summed E-state index contributed by atoms with van der Waals surface area (Å²) in [5.74, 6) is 0.900. The second-order valence-electron chi connectivity index (χ2n) is 6.17. The van der Waals surface area contributed by atoms with Crippen LogP contribution >= 0.6 is 0 Å². The van der Waals surface area contributed by atoms with Crippen LogP contribution in [0.4, 0.5) is 0 Å². The standard InChI is InChI=1S/C18H18N4O2/c23-16(11-22-5-1-2-6-22)9-15-8-14-7-13(18-10-19-12-24-18)3-4-17(14)21-20-15/h3-4,7-8,10,12H,1-2,5-6,9,11H2. The van der Waals surface area contributed by atoms with E-state index in [4.69, 9.17) is 4.42 Å². The van der Waals surface area contributed by atoms with E-state index in [0.717, 1.165) is 29.6 Å². The number of carbonyl (C=O) groups is 1. The van der Waals surface area contributed by atoms with E-state index in [2.05, 4.69) is 20.1 Å². The lowest BCUT2D eigenvalue weighted by Crippen LogP contribution is -2.28. The lowest BCUT2D eigenvalue weighted by molar-refractivity contribution is -0.119. The number of fused-ring (bicyclic) bond motifs is 1. The van der Waals surface area contributed by atoms with Crippen molar-refractivity contribution >= 4 is 16.7 Å². The quantitative estimate of drug-likeness (QED) is 0.718. The average molecular weight is 322 g/mol. The largest absolute Gasteiger partial charge is 0.444 e. The number of rotatable bonds is 5. The highest BCUT2D eigenvalue weighted by Gasteiger charge is 2.16. The van der Waals surface area contributed by atoms with Crippen molar-refractivity contribution in [3.8, 4) is 11.3 Å². The molecule has 0 atom stereocenters. The smallest absolute Gasteiger partial charge is 0.181 e. The number of benzene rings is 1. The van der Waals surface area contributed by atoms with Gasteiger partial charge in [-0.15, -0.1) is 0 Å². The Labute approximate surface area is 139 Å². The number of aromatic nitrogens is 3. The maximum atomic E-state index is 12.2. The molecule has 1 aliphatic rings. The third kappa shape index (κ3) is 3.19. The number of Topliss-reactive ketones (excluding diaryl/α,β-unsaturated/α-hetero) is 1. The van der Waals surface area contributed by atoms with Crippen molar-refractivity contribution in [1.82, 2.24) is 20.1 Å². The Bertz CT molecular complexity index is 855. The van der Waals surface area contributed by atoms with Gasteiger partial charge in [-0.1, -0.05) is 0 Å². The van der Waals surface area contributed by atoms with Crippen LogP contribution in [0.3, 0.4) is 0 Å². The van der Waals surface area contributed by atoms with E-state index in [1.165, 1.54) is 19.2 Å². The molecule has 2 aromatic heterocycles. The number of likely N-dealkylation sites (tertiary alicyclic amines) is 1. The highest BCUT2D eigenvalue weighted by molar-refractivity contribution is 5.86. The summed E-state index contributed by atoms with van der Waals surface area (Å²) in [5, 5.41) is 9.36. The summed E-state index contributed by atoms with van der Waals surface area (Å²) in [7, 11) is 0. The van der Waals surface area contributed by atoms with E-state index in [1.807, 2.05) is 24.3 Å². The van der Waals surface area contributed by atoms with Crippen LogP contribution in [0, 0.1) is 0 Å². The van der Waals surface area contributed by atoms with Crippen molar-refractivity contribution in [2.24, 2.45) is 0 Å². The maximum absolute atomic E-state index is 12.2. The molecule has 1 aromatic carbocycles. The summed E-state index contributed by atoms with van der Waals surface area (Å²) in [6, 6.07) is 7.74. The van der Waals surface area contributed by atoms with E-state index in [-0.39, 0.29) is 5.78 Å². The monoisotopic (exact) mass is 322 g/mol. The minimum atomic E-state index is 0.192. The minimum Gasteiger partial charge on any atom is -0.444 e. The zero-order valence-electron chi connectivity index (χ0n) is 13.3. The van der Waals surface area contributed by atoms with Gasteiger partial charge in [0.2, 0.25) is 0 Å².